The third kappa shape index (κ3) is 3.25. The van der Waals surface area contributed by atoms with Crippen molar-refractivity contribution in [1.29, 1.82) is 0 Å². The molecular formula is C13H24O6. The van der Waals surface area contributed by atoms with Crippen molar-refractivity contribution in [3.05, 3.63) is 0 Å². The summed E-state index contributed by atoms with van der Waals surface area (Å²) in [6.07, 6.45) is -3.80. The summed E-state index contributed by atoms with van der Waals surface area (Å²) in [4.78, 5) is 11.9. The Morgan fingerprint density at radius 2 is 1.89 bits per heavy atom. The standard InChI is InChI=1S/C13H24O6/c1-7-9(19-11(15)12(2,3)4)13(5,16)8(14)10(17-6)18-7/h7-10,14,16H,1-6H3. The molecule has 19 heavy (non-hydrogen) atoms. The van der Waals surface area contributed by atoms with E-state index in [9.17, 15) is 15.0 Å². The first-order valence-electron chi connectivity index (χ1n) is 6.31. The molecule has 0 radical (unpaired) electrons. The van der Waals surface area contributed by atoms with Gasteiger partial charge in [0.05, 0.1) is 11.5 Å². The summed E-state index contributed by atoms with van der Waals surface area (Å²) in [5, 5.41) is 20.4. The van der Waals surface area contributed by atoms with Crippen molar-refractivity contribution in [3.8, 4) is 0 Å². The molecule has 1 heterocycles. The Bertz CT molecular complexity index is 333. The summed E-state index contributed by atoms with van der Waals surface area (Å²) in [5.41, 5.74) is -2.34. The molecule has 112 valence electrons. The zero-order chi connectivity index (χ0) is 15.0. The Morgan fingerprint density at radius 1 is 1.37 bits per heavy atom. The number of ether oxygens (including phenoxy) is 3. The average Bonchev–Trinajstić information content (AvgIpc) is 2.28. The number of aliphatic hydroxyl groups excluding tert-OH is 1. The summed E-state index contributed by atoms with van der Waals surface area (Å²) in [6, 6.07) is 0. The summed E-state index contributed by atoms with van der Waals surface area (Å²) >= 11 is 0. The van der Waals surface area contributed by atoms with Crippen LogP contribution in [-0.4, -0.2) is 53.5 Å². The molecule has 5 atom stereocenters. The summed E-state index contributed by atoms with van der Waals surface area (Å²) < 4.78 is 15.7. The molecule has 1 rings (SSSR count). The highest BCUT2D eigenvalue weighted by molar-refractivity contribution is 5.75. The predicted molar refractivity (Wildman–Crippen MR) is 67.3 cm³/mol. The smallest absolute Gasteiger partial charge is 0.311 e. The van der Waals surface area contributed by atoms with Crippen molar-refractivity contribution in [3.63, 3.8) is 0 Å². The molecular weight excluding hydrogens is 252 g/mol. The van der Waals surface area contributed by atoms with Crippen molar-refractivity contribution in [2.24, 2.45) is 5.41 Å². The average molecular weight is 276 g/mol. The molecule has 1 saturated heterocycles. The molecule has 5 unspecified atom stereocenters. The minimum absolute atomic E-state index is 0.462. The highest BCUT2D eigenvalue weighted by atomic mass is 16.7. The number of methoxy groups -OCH3 is 1. The van der Waals surface area contributed by atoms with Gasteiger partial charge >= 0.3 is 5.97 Å². The van der Waals surface area contributed by atoms with Crippen molar-refractivity contribution < 1.29 is 29.2 Å². The van der Waals surface area contributed by atoms with Crippen LogP contribution in [0.25, 0.3) is 0 Å². The third-order valence-corrected chi connectivity index (χ3v) is 3.29. The van der Waals surface area contributed by atoms with Gasteiger partial charge < -0.3 is 24.4 Å². The summed E-state index contributed by atoms with van der Waals surface area (Å²) in [6.45, 7) is 8.21. The number of hydrogen-bond donors (Lipinski definition) is 2. The lowest BCUT2D eigenvalue weighted by Crippen LogP contribution is -2.66. The van der Waals surface area contributed by atoms with Gasteiger partial charge in [0.15, 0.2) is 12.4 Å². The van der Waals surface area contributed by atoms with E-state index >= 15 is 0 Å². The molecule has 0 aromatic carbocycles. The van der Waals surface area contributed by atoms with Crippen molar-refractivity contribution in [1.82, 2.24) is 0 Å². The largest absolute Gasteiger partial charge is 0.456 e. The molecule has 0 spiro atoms. The third-order valence-electron chi connectivity index (χ3n) is 3.29. The molecule has 0 saturated carbocycles. The van der Waals surface area contributed by atoms with E-state index in [0.717, 1.165) is 0 Å². The lowest BCUT2D eigenvalue weighted by molar-refractivity contribution is -0.318. The number of hydrogen-bond acceptors (Lipinski definition) is 6. The van der Waals surface area contributed by atoms with Crippen molar-refractivity contribution >= 4 is 5.97 Å². The highest BCUT2D eigenvalue weighted by Crippen LogP contribution is 2.33. The van der Waals surface area contributed by atoms with Gasteiger partial charge in [-0.15, -0.1) is 0 Å². The van der Waals surface area contributed by atoms with E-state index < -0.39 is 41.6 Å². The van der Waals surface area contributed by atoms with Crippen LogP contribution in [0.4, 0.5) is 0 Å². The number of rotatable bonds is 2. The molecule has 6 nitrogen and oxygen atoms in total. The lowest BCUT2D eigenvalue weighted by Gasteiger charge is -2.47. The van der Waals surface area contributed by atoms with E-state index in [-0.39, 0.29) is 0 Å². The molecule has 0 aliphatic carbocycles. The fraction of sp³-hybridized carbons (Fsp3) is 0.923. The van der Waals surface area contributed by atoms with Crippen LogP contribution >= 0.6 is 0 Å². The maximum absolute atomic E-state index is 11.9. The molecule has 0 aromatic rings. The first kappa shape index (κ1) is 16.4. The lowest BCUT2D eigenvalue weighted by atomic mass is 9.85. The van der Waals surface area contributed by atoms with Crippen LogP contribution in [0.15, 0.2) is 0 Å². The van der Waals surface area contributed by atoms with E-state index in [0.29, 0.717) is 0 Å². The summed E-state index contributed by atoms with van der Waals surface area (Å²) in [5.74, 6) is -0.462. The van der Waals surface area contributed by atoms with Crippen LogP contribution in [-0.2, 0) is 19.0 Å². The SMILES string of the molecule is COC1OC(C)C(OC(=O)C(C)(C)C)C(C)(O)C1O. The van der Waals surface area contributed by atoms with E-state index in [1.807, 2.05) is 0 Å². The second-order valence-electron chi connectivity index (χ2n) is 6.19. The van der Waals surface area contributed by atoms with E-state index in [4.69, 9.17) is 14.2 Å². The number of carbonyl (C=O) groups excluding carboxylic acids is 1. The van der Waals surface area contributed by atoms with E-state index in [1.165, 1.54) is 14.0 Å². The fourth-order valence-electron chi connectivity index (χ4n) is 1.97. The van der Waals surface area contributed by atoms with Crippen molar-refractivity contribution in [2.75, 3.05) is 7.11 Å². The Kier molecular flexibility index (Phi) is 4.62. The van der Waals surface area contributed by atoms with Gasteiger partial charge in [0.2, 0.25) is 0 Å². The van der Waals surface area contributed by atoms with Crippen LogP contribution in [0.5, 0.6) is 0 Å². The molecule has 0 aromatic heterocycles. The maximum atomic E-state index is 11.9. The van der Waals surface area contributed by atoms with Crippen molar-refractivity contribution in [2.45, 2.75) is 64.8 Å². The van der Waals surface area contributed by atoms with E-state index in [2.05, 4.69) is 0 Å². The van der Waals surface area contributed by atoms with Gasteiger partial charge in [-0.3, -0.25) is 4.79 Å². The Morgan fingerprint density at radius 3 is 2.32 bits per heavy atom. The summed E-state index contributed by atoms with van der Waals surface area (Å²) in [7, 11) is 1.37. The van der Waals surface area contributed by atoms with Crippen LogP contribution in [0.1, 0.15) is 34.6 Å². The number of esters is 1. The van der Waals surface area contributed by atoms with Gasteiger partial charge in [0, 0.05) is 7.11 Å². The topological polar surface area (TPSA) is 85.2 Å². The first-order valence-corrected chi connectivity index (χ1v) is 6.31. The maximum Gasteiger partial charge on any atom is 0.311 e. The van der Waals surface area contributed by atoms with Crippen LogP contribution in [0.3, 0.4) is 0 Å². The minimum atomic E-state index is -1.64. The molecule has 0 bridgehead atoms. The molecule has 2 N–H and O–H groups in total. The molecule has 1 aliphatic rings. The minimum Gasteiger partial charge on any atom is -0.456 e. The van der Waals surface area contributed by atoms with Gasteiger partial charge in [-0.1, -0.05) is 0 Å². The van der Waals surface area contributed by atoms with Gasteiger partial charge in [-0.25, -0.2) is 0 Å². The predicted octanol–water partition coefficient (Wildman–Crippen LogP) is 0.447. The van der Waals surface area contributed by atoms with E-state index in [1.54, 1.807) is 27.7 Å². The van der Waals surface area contributed by atoms with Crippen LogP contribution in [0, 0.1) is 5.41 Å². The molecule has 1 aliphatic heterocycles. The normalized spacial score (nSPS) is 40.0. The van der Waals surface area contributed by atoms with Gasteiger partial charge in [0.1, 0.15) is 11.7 Å². The van der Waals surface area contributed by atoms with Crippen LogP contribution in [0.2, 0.25) is 0 Å². The Balaban J connectivity index is 2.91. The van der Waals surface area contributed by atoms with Gasteiger partial charge in [-0.2, -0.15) is 0 Å². The molecule has 0 amide bonds. The fourth-order valence-corrected chi connectivity index (χ4v) is 1.97. The quantitative estimate of drug-likeness (QED) is 0.712. The van der Waals surface area contributed by atoms with Gasteiger partial charge in [0.25, 0.3) is 0 Å². The Hall–Kier alpha value is -0.690. The second kappa shape index (κ2) is 5.36. The zero-order valence-electron chi connectivity index (χ0n) is 12.3. The first-order chi connectivity index (χ1) is 8.51. The molecule has 1 fully saturated rings. The van der Waals surface area contributed by atoms with Crippen LogP contribution < -0.4 is 0 Å². The number of aliphatic hydroxyl groups is 2. The monoisotopic (exact) mass is 276 g/mol. The van der Waals surface area contributed by atoms with Gasteiger partial charge in [-0.05, 0) is 34.6 Å². The number of carbonyl (C=O) groups is 1. The molecule has 6 heteroatoms. The highest BCUT2D eigenvalue weighted by Gasteiger charge is 2.54. The Labute approximate surface area is 113 Å². The second-order valence-corrected chi connectivity index (χ2v) is 6.19. The zero-order valence-corrected chi connectivity index (χ0v) is 12.3.